The fraction of sp³-hybridized carbons (Fsp3) is 0.545. The van der Waals surface area contributed by atoms with Crippen LogP contribution in [0, 0.1) is 0 Å². The summed E-state index contributed by atoms with van der Waals surface area (Å²) < 4.78 is 0. The number of aliphatic imine (C=N–C) groups is 1. The minimum atomic E-state index is -0.0192. The Balaban J connectivity index is 4.34. The van der Waals surface area contributed by atoms with E-state index in [1.54, 1.807) is 0 Å². The summed E-state index contributed by atoms with van der Waals surface area (Å²) in [4.78, 5) is 6.16. The molecule has 3 heteroatoms. The van der Waals surface area contributed by atoms with E-state index >= 15 is 0 Å². The highest BCUT2D eigenvalue weighted by atomic mass is 16.3. The molecular formula is C11H20N2O. The average molecular weight is 196 g/mol. The predicted octanol–water partition coefficient (Wildman–Crippen LogP) is 1.81. The van der Waals surface area contributed by atoms with Crippen molar-refractivity contribution in [1.82, 2.24) is 4.90 Å². The standard InChI is InChI=1S/C11H20N2O/c1-5-6-7-8-12-11(9-14)10(2)13(3)4/h5,8,14H,1,6-7,9H2,2-4H3/b11-10+,12-8?. The van der Waals surface area contributed by atoms with Gasteiger partial charge in [0.05, 0.1) is 12.3 Å². The molecule has 0 heterocycles. The molecule has 14 heavy (non-hydrogen) atoms. The monoisotopic (exact) mass is 196 g/mol. The Hall–Kier alpha value is -1.09. The van der Waals surface area contributed by atoms with Crippen molar-refractivity contribution in [3.05, 3.63) is 24.0 Å². The van der Waals surface area contributed by atoms with Crippen molar-refractivity contribution in [2.24, 2.45) is 4.99 Å². The summed E-state index contributed by atoms with van der Waals surface area (Å²) in [5.41, 5.74) is 1.71. The zero-order chi connectivity index (χ0) is 11.0. The molecule has 0 saturated heterocycles. The minimum Gasteiger partial charge on any atom is -0.390 e. The van der Waals surface area contributed by atoms with Gasteiger partial charge in [-0.25, -0.2) is 0 Å². The number of hydrogen-bond donors (Lipinski definition) is 1. The van der Waals surface area contributed by atoms with Crippen LogP contribution in [0.15, 0.2) is 29.0 Å². The second kappa shape index (κ2) is 7.33. The maximum atomic E-state index is 9.08. The van der Waals surface area contributed by atoms with Gasteiger partial charge in [0.2, 0.25) is 0 Å². The van der Waals surface area contributed by atoms with E-state index in [4.69, 9.17) is 5.11 Å². The highest BCUT2D eigenvalue weighted by molar-refractivity contribution is 5.59. The molecule has 0 amide bonds. The first kappa shape index (κ1) is 12.9. The van der Waals surface area contributed by atoms with Gasteiger partial charge in [0.25, 0.3) is 0 Å². The maximum absolute atomic E-state index is 9.08. The fourth-order valence-electron chi connectivity index (χ4n) is 0.874. The highest BCUT2D eigenvalue weighted by Crippen LogP contribution is 2.06. The van der Waals surface area contributed by atoms with E-state index in [-0.39, 0.29) is 6.61 Å². The predicted molar refractivity (Wildman–Crippen MR) is 61.4 cm³/mol. The summed E-state index contributed by atoms with van der Waals surface area (Å²) in [6.45, 7) is 5.55. The molecule has 0 radical (unpaired) electrons. The smallest absolute Gasteiger partial charge is 0.0870 e. The second-order valence-electron chi connectivity index (χ2n) is 3.26. The first-order chi connectivity index (χ1) is 6.63. The average Bonchev–Trinajstić information content (AvgIpc) is 2.17. The SMILES string of the molecule is C=CCCC=N/C(CO)=C(\C)N(C)C. The third kappa shape index (κ3) is 4.82. The van der Waals surface area contributed by atoms with Crippen LogP contribution in [0.3, 0.4) is 0 Å². The zero-order valence-electron chi connectivity index (χ0n) is 9.32. The Kier molecular flexibility index (Phi) is 6.76. The highest BCUT2D eigenvalue weighted by Gasteiger charge is 2.00. The van der Waals surface area contributed by atoms with Crippen molar-refractivity contribution < 1.29 is 5.11 Å². The molecule has 0 fully saturated rings. The van der Waals surface area contributed by atoms with E-state index in [1.807, 2.05) is 38.2 Å². The molecule has 80 valence electrons. The molecule has 1 N–H and O–H groups in total. The van der Waals surface area contributed by atoms with Gasteiger partial charge in [-0.3, -0.25) is 4.99 Å². The van der Waals surface area contributed by atoms with Gasteiger partial charge in [-0.1, -0.05) is 6.08 Å². The number of aliphatic hydroxyl groups is 1. The van der Waals surface area contributed by atoms with E-state index in [2.05, 4.69) is 11.6 Å². The number of hydrogen-bond acceptors (Lipinski definition) is 3. The number of aliphatic hydroxyl groups excluding tert-OH is 1. The molecule has 0 saturated carbocycles. The van der Waals surface area contributed by atoms with Crippen LogP contribution in [-0.4, -0.2) is 36.9 Å². The lowest BCUT2D eigenvalue weighted by Crippen LogP contribution is -2.11. The Bertz CT molecular complexity index is 229. The quantitative estimate of drug-likeness (QED) is 0.399. The molecule has 0 aromatic rings. The Morgan fingerprint density at radius 3 is 2.50 bits per heavy atom. The molecule has 0 aliphatic heterocycles. The molecule has 0 rings (SSSR count). The summed E-state index contributed by atoms with van der Waals surface area (Å²) in [5.74, 6) is 0. The van der Waals surface area contributed by atoms with E-state index in [1.165, 1.54) is 0 Å². The summed E-state index contributed by atoms with van der Waals surface area (Å²) in [7, 11) is 3.87. The fourth-order valence-corrected chi connectivity index (χ4v) is 0.874. The maximum Gasteiger partial charge on any atom is 0.0870 e. The van der Waals surface area contributed by atoms with Gasteiger partial charge in [0.1, 0.15) is 0 Å². The first-order valence-corrected chi connectivity index (χ1v) is 4.74. The minimum absolute atomic E-state index is 0.0192. The lowest BCUT2D eigenvalue weighted by atomic mass is 10.3. The largest absolute Gasteiger partial charge is 0.390 e. The Labute approximate surface area is 86.5 Å². The summed E-state index contributed by atoms with van der Waals surface area (Å²) >= 11 is 0. The normalized spacial score (nSPS) is 12.9. The van der Waals surface area contributed by atoms with Crippen molar-refractivity contribution in [3.63, 3.8) is 0 Å². The Morgan fingerprint density at radius 1 is 1.43 bits per heavy atom. The van der Waals surface area contributed by atoms with E-state index < -0.39 is 0 Å². The molecule has 0 aliphatic rings. The van der Waals surface area contributed by atoms with Gasteiger partial charge < -0.3 is 10.0 Å². The van der Waals surface area contributed by atoms with Crippen LogP contribution in [0.2, 0.25) is 0 Å². The molecular weight excluding hydrogens is 176 g/mol. The molecule has 0 unspecified atom stereocenters. The molecule has 0 aliphatic carbocycles. The molecule has 0 bridgehead atoms. The van der Waals surface area contributed by atoms with Crippen molar-refractivity contribution in [1.29, 1.82) is 0 Å². The summed E-state index contributed by atoms with van der Waals surface area (Å²) in [5, 5.41) is 9.08. The summed E-state index contributed by atoms with van der Waals surface area (Å²) in [6, 6.07) is 0. The lowest BCUT2D eigenvalue weighted by molar-refractivity contribution is 0.323. The van der Waals surface area contributed by atoms with Crippen LogP contribution in [-0.2, 0) is 0 Å². The van der Waals surface area contributed by atoms with E-state index in [0.717, 1.165) is 24.2 Å². The number of unbranched alkanes of at least 4 members (excludes halogenated alkanes) is 1. The van der Waals surface area contributed by atoms with E-state index in [9.17, 15) is 0 Å². The lowest BCUT2D eigenvalue weighted by Gasteiger charge is -2.14. The van der Waals surface area contributed by atoms with Crippen LogP contribution >= 0.6 is 0 Å². The van der Waals surface area contributed by atoms with Crippen LogP contribution in [0.4, 0.5) is 0 Å². The molecule has 0 aromatic carbocycles. The van der Waals surface area contributed by atoms with Crippen LogP contribution < -0.4 is 0 Å². The van der Waals surface area contributed by atoms with Gasteiger partial charge in [-0.05, 0) is 19.8 Å². The van der Waals surface area contributed by atoms with Crippen molar-refractivity contribution in [2.75, 3.05) is 20.7 Å². The van der Waals surface area contributed by atoms with Crippen molar-refractivity contribution in [2.45, 2.75) is 19.8 Å². The van der Waals surface area contributed by atoms with E-state index in [0.29, 0.717) is 0 Å². The van der Waals surface area contributed by atoms with Gasteiger partial charge >= 0.3 is 0 Å². The van der Waals surface area contributed by atoms with Crippen LogP contribution in [0.1, 0.15) is 19.8 Å². The van der Waals surface area contributed by atoms with Gasteiger partial charge in [0, 0.05) is 26.0 Å². The van der Waals surface area contributed by atoms with Crippen molar-refractivity contribution >= 4 is 6.21 Å². The zero-order valence-corrected chi connectivity index (χ0v) is 9.32. The number of nitrogens with zero attached hydrogens (tertiary/aromatic N) is 2. The Morgan fingerprint density at radius 2 is 2.07 bits per heavy atom. The van der Waals surface area contributed by atoms with Crippen LogP contribution in [0.25, 0.3) is 0 Å². The molecule has 0 atom stereocenters. The molecule has 0 spiro atoms. The van der Waals surface area contributed by atoms with Gasteiger partial charge in [-0.15, -0.1) is 6.58 Å². The number of allylic oxidation sites excluding steroid dienone is 2. The van der Waals surface area contributed by atoms with Crippen molar-refractivity contribution in [3.8, 4) is 0 Å². The molecule has 0 aromatic heterocycles. The number of rotatable bonds is 6. The topological polar surface area (TPSA) is 35.8 Å². The summed E-state index contributed by atoms with van der Waals surface area (Å²) in [6.07, 6.45) is 5.46. The van der Waals surface area contributed by atoms with Crippen LogP contribution in [0.5, 0.6) is 0 Å². The first-order valence-electron chi connectivity index (χ1n) is 4.74. The molecule has 3 nitrogen and oxygen atoms in total. The third-order valence-corrected chi connectivity index (χ3v) is 1.99. The third-order valence-electron chi connectivity index (χ3n) is 1.99. The second-order valence-corrected chi connectivity index (χ2v) is 3.26. The van der Waals surface area contributed by atoms with Gasteiger partial charge in [-0.2, -0.15) is 0 Å². The van der Waals surface area contributed by atoms with Gasteiger partial charge in [0.15, 0.2) is 0 Å².